The van der Waals surface area contributed by atoms with Crippen molar-refractivity contribution < 1.29 is 14.3 Å². The van der Waals surface area contributed by atoms with Gasteiger partial charge in [0.2, 0.25) is 0 Å². The number of hydrogen-bond donors (Lipinski definition) is 3. The Hall–Kier alpha value is -2.04. The van der Waals surface area contributed by atoms with Crippen molar-refractivity contribution in [3.05, 3.63) is 28.6 Å². The third kappa shape index (κ3) is 5.81. The number of rotatable bonds is 6. The van der Waals surface area contributed by atoms with E-state index in [1.807, 2.05) is 0 Å². The molecule has 0 aromatic carbocycles. The minimum atomic E-state index is -0.573. The van der Waals surface area contributed by atoms with Crippen LogP contribution in [-0.4, -0.2) is 66.4 Å². The molecule has 0 bridgehead atoms. The fraction of sp³-hybridized carbons (Fsp3) is 0.500. The number of ether oxygens (including phenoxy) is 2. The highest BCUT2D eigenvalue weighted by Gasteiger charge is 2.23. The van der Waals surface area contributed by atoms with E-state index in [1.54, 1.807) is 12.3 Å². The number of nitrogens with one attached hydrogen (secondary N) is 3. The first-order valence-electron chi connectivity index (χ1n) is 10.2. The summed E-state index contributed by atoms with van der Waals surface area (Å²) >= 11 is 12.7. The predicted octanol–water partition coefficient (Wildman–Crippen LogP) is 2.61. The van der Waals surface area contributed by atoms with Crippen LogP contribution in [0.3, 0.4) is 0 Å². The van der Waals surface area contributed by atoms with Crippen LogP contribution >= 0.6 is 23.2 Å². The van der Waals surface area contributed by atoms with Gasteiger partial charge in [-0.3, -0.25) is 4.79 Å². The molecule has 2 saturated heterocycles. The van der Waals surface area contributed by atoms with E-state index in [2.05, 4.69) is 30.9 Å². The third-order valence-electron chi connectivity index (χ3n) is 5.22. The largest absolute Gasteiger partial charge is 0.381 e. The Kier molecular flexibility index (Phi) is 7.52. The summed E-state index contributed by atoms with van der Waals surface area (Å²) in [5.41, 5.74) is 0.944. The number of halogens is 2. The minimum Gasteiger partial charge on any atom is -0.381 e. The fourth-order valence-corrected chi connectivity index (χ4v) is 3.85. The van der Waals surface area contributed by atoms with Gasteiger partial charge in [0.15, 0.2) is 5.15 Å². The predicted molar refractivity (Wildman–Crippen MR) is 119 cm³/mol. The van der Waals surface area contributed by atoms with Gasteiger partial charge in [-0.1, -0.05) is 23.2 Å². The molecule has 166 valence electrons. The summed E-state index contributed by atoms with van der Waals surface area (Å²) in [6.07, 6.45) is 4.50. The monoisotopic (exact) mass is 466 g/mol. The van der Waals surface area contributed by atoms with E-state index in [1.165, 1.54) is 6.20 Å². The van der Waals surface area contributed by atoms with Gasteiger partial charge in [0.1, 0.15) is 23.4 Å². The molecule has 0 saturated carbocycles. The van der Waals surface area contributed by atoms with Crippen LogP contribution in [-0.2, 0) is 14.3 Å². The molecule has 2 fully saturated rings. The van der Waals surface area contributed by atoms with Crippen molar-refractivity contribution in [1.29, 1.82) is 0 Å². The second-order valence-corrected chi connectivity index (χ2v) is 8.20. The molecule has 0 aliphatic carbocycles. The first kappa shape index (κ1) is 22.2. The summed E-state index contributed by atoms with van der Waals surface area (Å²) in [7, 11) is 0. The SMILES string of the molecule is O=C(Nc1cc(-c2nc(NCC3CCOCC3)cnc2Cl)c(Cl)cn1)[C@H]1CNCCO1. The first-order chi connectivity index (χ1) is 15.1. The highest BCUT2D eigenvalue weighted by molar-refractivity contribution is 6.35. The zero-order valence-electron chi connectivity index (χ0n) is 16.9. The topological polar surface area (TPSA) is 110 Å². The number of carbonyl (C=O) groups is 1. The molecule has 31 heavy (non-hydrogen) atoms. The Morgan fingerprint density at radius 2 is 2.00 bits per heavy atom. The van der Waals surface area contributed by atoms with Crippen molar-refractivity contribution >= 4 is 40.7 Å². The summed E-state index contributed by atoms with van der Waals surface area (Å²) in [4.78, 5) is 25.5. The van der Waals surface area contributed by atoms with Crippen LogP contribution in [0.1, 0.15) is 12.8 Å². The van der Waals surface area contributed by atoms with E-state index in [0.717, 1.165) is 39.1 Å². The number of carbonyl (C=O) groups excluding carboxylic acids is 1. The Balaban J connectivity index is 1.49. The molecule has 0 radical (unpaired) electrons. The summed E-state index contributed by atoms with van der Waals surface area (Å²) < 4.78 is 10.9. The van der Waals surface area contributed by atoms with Gasteiger partial charge in [-0.15, -0.1) is 0 Å². The molecule has 4 rings (SSSR count). The lowest BCUT2D eigenvalue weighted by Crippen LogP contribution is -2.45. The van der Waals surface area contributed by atoms with Crippen molar-refractivity contribution in [2.24, 2.45) is 5.92 Å². The number of pyridine rings is 1. The van der Waals surface area contributed by atoms with Crippen molar-refractivity contribution in [3.63, 3.8) is 0 Å². The lowest BCUT2D eigenvalue weighted by molar-refractivity contribution is -0.128. The Morgan fingerprint density at radius 3 is 2.77 bits per heavy atom. The molecule has 4 heterocycles. The highest BCUT2D eigenvalue weighted by Crippen LogP contribution is 2.32. The summed E-state index contributed by atoms with van der Waals surface area (Å²) in [6, 6.07) is 1.63. The number of aromatic nitrogens is 3. The lowest BCUT2D eigenvalue weighted by atomic mass is 10.0. The van der Waals surface area contributed by atoms with E-state index in [4.69, 9.17) is 32.7 Å². The smallest absolute Gasteiger partial charge is 0.255 e. The van der Waals surface area contributed by atoms with Crippen molar-refractivity contribution in [2.75, 3.05) is 50.1 Å². The van der Waals surface area contributed by atoms with E-state index >= 15 is 0 Å². The first-order valence-corrected chi connectivity index (χ1v) is 11.0. The average Bonchev–Trinajstić information content (AvgIpc) is 2.81. The molecule has 11 heteroatoms. The van der Waals surface area contributed by atoms with Gasteiger partial charge in [-0.2, -0.15) is 0 Å². The van der Waals surface area contributed by atoms with E-state index in [0.29, 0.717) is 47.0 Å². The number of hydrogen-bond acceptors (Lipinski definition) is 8. The van der Waals surface area contributed by atoms with Gasteiger partial charge in [0, 0.05) is 44.6 Å². The molecule has 2 aliphatic rings. The zero-order chi connectivity index (χ0) is 21.6. The molecule has 0 unspecified atom stereocenters. The minimum absolute atomic E-state index is 0.210. The van der Waals surface area contributed by atoms with Gasteiger partial charge >= 0.3 is 0 Å². The highest BCUT2D eigenvalue weighted by atomic mass is 35.5. The molecule has 9 nitrogen and oxygen atoms in total. The van der Waals surface area contributed by atoms with Crippen LogP contribution < -0.4 is 16.0 Å². The number of anilines is 2. The summed E-state index contributed by atoms with van der Waals surface area (Å²) in [5.74, 6) is 1.18. The zero-order valence-corrected chi connectivity index (χ0v) is 18.4. The molecule has 2 aliphatic heterocycles. The van der Waals surface area contributed by atoms with Crippen molar-refractivity contribution in [2.45, 2.75) is 18.9 Å². The van der Waals surface area contributed by atoms with Gasteiger partial charge in [0.25, 0.3) is 5.91 Å². The Bertz CT molecular complexity index is 920. The van der Waals surface area contributed by atoms with Crippen LogP contribution in [0.4, 0.5) is 11.6 Å². The molecular formula is C20H24Cl2N6O3. The van der Waals surface area contributed by atoms with Gasteiger partial charge in [-0.05, 0) is 24.8 Å². The quantitative estimate of drug-likeness (QED) is 0.595. The third-order valence-corrected chi connectivity index (χ3v) is 5.80. The summed E-state index contributed by atoms with van der Waals surface area (Å²) in [6.45, 7) is 4.00. The van der Waals surface area contributed by atoms with Crippen LogP contribution in [0, 0.1) is 5.92 Å². The molecular weight excluding hydrogens is 443 g/mol. The van der Waals surface area contributed by atoms with E-state index < -0.39 is 6.10 Å². The lowest BCUT2D eigenvalue weighted by Gasteiger charge is -2.22. The molecule has 0 spiro atoms. The second kappa shape index (κ2) is 10.5. The van der Waals surface area contributed by atoms with Crippen LogP contribution in [0.15, 0.2) is 18.5 Å². The normalized spacial score (nSPS) is 19.7. The molecule has 3 N–H and O–H groups in total. The van der Waals surface area contributed by atoms with Crippen LogP contribution in [0.5, 0.6) is 0 Å². The van der Waals surface area contributed by atoms with E-state index in [-0.39, 0.29) is 11.1 Å². The number of nitrogens with zero attached hydrogens (tertiary/aromatic N) is 3. The van der Waals surface area contributed by atoms with Crippen molar-refractivity contribution in [3.8, 4) is 11.3 Å². The van der Waals surface area contributed by atoms with E-state index in [9.17, 15) is 4.79 Å². The molecule has 2 aromatic heterocycles. The Labute approximate surface area is 190 Å². The van der Waals surface area contributed by atoms with Gasteiger partial charge in [0.05, 0.1) is 17.8 Å². The van der Waals surface area contributed by atoms with Crippen LogP contribution in [0.2, 0.25) is 10.2 Å². The standard InChI is InChI=1S/C20H24Cl2N6O3/c21-14-9-25-16(28-20(29)15-10-23-3-6-31-15)7-13(14)18-19(22)26-11-17(27-18)24-8-12-1-4-30-5-2-12/h7,9,11-12,15,23H,1-6,8,10H2,(H,24,27)(H,25,28,29)/t15-/m1/s1. The maximum absolute atomic E-state index is 12.4. The molecule has 2 aromatic rings. The Morgan fingerprint density at radius 1 is 1.16 bits per heavy atom. The average molecular weight is 467 g/mol. The fourth-order valence-electron chi connectivity index (χ4n) is 3.46. The van der Waals surface area contributed by atoms with Crippen LogP contribution in [0.25, 0.3) is 11.3 Å². The number of amides is 1. The summed E-state index contributed by atoms with van der Waals surface area (Å²) in [5, 5.41) is 9.76. The van der Waals surface area contributed by atoms with Gasteiger partial charge < -0.3 is 25.4 Å². The van der Waals surface area contributed by atoms with Crippen molar-refractivity contribution in [1.82, 2.24) is 20.3 Å². The molecule has 1 amide bonds. The molecule has 1 atom stereocenters. The number of morpholine rings is 1. The maximum atomic E-state index is 12.4. The maximum Gasteiger partial charge on any atom is 0.255 e. The second-order valence-electron chi connectivity index (χ2n) is 7.43. The van der Waals surface area contributed by atoms with Gasteiger partial charge in [-0.25, -0.2) is 15.0 Å².